The van der Waals surface area contributed by atoms with Crippen molar-refractivity contribution >= 4 is 11.9 Å². The molecule has 0 bridgehead atoms. The summed E-state index contributed by atoms with van der Waals surface area (Å²) in [6.45, 7) is 4.20. The zero-order valence-corrected chi connectivity index (χ0v) is 21.6. The Labute approximate surface area is 222 Å². The number of rotatable bonds is 10. The first-order valence-electron chi connectivity index (χ1n) is 12.4. The first kappa shape index (κ1) is 32.4. The maximum atomic E-state index is 11.9. The third kappa shape index (κ3) is 12.6. The number of benzene rings is 3. The van der Waals surface area contributed by atoms with Crippen LogP contribution in [-0.2, 0) is 12.8 Å². The lowest BCUT2D eigenvalue weighted by atomic mass is 10.0. The molecule has 0 aliphatic rings. The highest BCUT2D eigenvalue weighted by atomic mass is 19.3. The lowest BCUT2D eigenvalue weighted by Crippen LogP contribution is -2.20. The summed E-state index contributed by atoms with van der Waals surface area (Å²) < 4.78 is 23.9. The standard InChI is InChI=1S/C10H12F2O2.2C10H12O2/c11-10(12)9(14)6-8(13)7-4-2-1-3-5-7;2*1-2-3-8-4-6-9(7-5-8)10(11)12/h1-5,8-10,13-14H,6H2;2*4-7H,2-3H2,1H3,(H,11,12). The van der Waals surface area contributed by atoms with Gasteiger partial charge in [-0.25, -0.2) is 18.4 Å². The summed E-state index contributed by atoms with van der Waals surface area (Å²) in [4.78, 5) is 20.9. The summed E-state index contributed by atoms with van der Waals surface area (Å²) in [5, 5.41) is 35.5. The van der Waals surface area contributed by atoms with Crippen molar-refractivity contribution in [3.05, 3.63) is 107 Å². The van der Waals surface area contributed by atoms with Gasteiger partial charge in [0.05, 0.1) is 17.2 Å². The topological polar surface area (TPSA) is 115 Å². The van der Waals surface area contributed by atoms with Crippen molar-refractivity contribution in [1.29, 1.82) is 0 Å². The van der Waals surface area contributed by atoms with Crippen molar-refractivity contribution < 1.29 is 38.8 Å². The molecule has 0 aromatic heterocycles. The lowest BCUT2D eigenvalue weighted by Gasteiger charge is -2.14. The van der Waals surface area contributed by atoms with E-state index in [9.17, 15) is 23.5 Å². The van der Waals surface area contributed by atoms with Gasteiger partial charge in [-0.05, 0) is 53.8 Å². The SMILES string of the molecule is CCCc1ccc(C(=O)O)cc1.CCCc1ccc(C(=O)O)cc1.OC(CC(O)C(F)F)c1ccccc1. The first-order chi connectivity index (χ1) is 18.1. The molecular formula is C30H36F2O6. The van der Waals surface area contributed by atoms with Gasteiger partial charge in [0.2, 0.25) is 0 Å². The van der Waals surface area contributed by atoms with Crippen LogP contribution in [0.4, 0.5) is 8.78 Å². The molecule has 2 atom stereocenters. The van der Waals surface area contributed by atoms with E-state index < -0.39 is 30.6 Å². The predicted molar refractivity (Wildman–Crippen MR) is 143 cm³/mol. The molecule has 3 aromatic rings. The molecule has 0 aliphatic carbocycles. The summed E-state index contributed by atoms with van der Waals surface area (Å²) in [7, 11) is 0. The van der Waals surface area contributed by atoms with Gasteiger partial charge in [-0.3, -0.25) is 0 Å². The molecule has 3 rings (SSSR count). The van der Waals surface area contributed by atoms with Gasteiger partial charge < -0.3 is 20.4 Å². The number of aromatic carboxylic acids is 2. The normalized spacial score (nSPS) is 11.9. The molecule has 0 fully saturated rings. The second kappa shape index (κ2) is 17.8. The minimum Gasteiger partial charge on any atom is -0.478 e. The van der Waals surface area contributed by atoms with Gasteiger partial charge in [-0.15, -0.1) is 0 Å². The van der Waals surface area contributed by atoms with Crippen molar-refractivity contribution in [3.63, 3.8) is 0 Å². The van der Waals surface area contributed by atoms with Crippen LogP contribution in [0.15, 0.2) is 78.9 Å². The van der Waals surface area contributed by atoms with Crippen LogP contribution in [0.2, 0.25) is 0 Å². The van der Waals surface area contributed by atoms with Gasteiger partial charge >= 0.3 is 11.9 Å². The molecule has 4 N–H and O–H groups in total. The van der Waals surface area contributed by atoms with Crippen LogP contribution in [0.3, 0.4) is 0 Å². The third-order valence-corrected chi connectivity index (χ3v) is 5.42. The van der Waals surface area contributed by atoms with E-state index in [4.69, 9.17) is 15.3 Å². The molecule has 8 heteroatoms. The molecule has 3 aromatic carbocycles. The molecule has 38 heavy (non-hydrogen) atoms. The number of aryl methyl sites for hydroxylation is 2. The van der Waals surface area contributed by atoms with Crippen LogP contribution in [-0.4, -0.2) is 44.9 Å². The molecule has 0 aliphatic heterocycles. The smallest absolute Gasteiger partial charge is 0.335 e. The molecule has 6 nitrogen and oxygen atoms in total. The van der Waals surface area contributed by atoms with Gasteiger partial charge in [0.25, 0.3) is 6.43 Å². The van der Waals surface area contributed by atoms with E-state index in [-0.39, 0.29) is 6.42 Å². The fourth-order valence-electron chi connectivity index (χ4n) is 3.35. The number of halogens is 2. The van der Waals surface area contributed by atoms with Gasteiger partial charge in [0.15, 0.2) is 0 Å². The maximum Gasteiger partial charge on any atom is 0.335 e. The summed E-state index contributed by atoms with van der Waals surface area (Å²) in [5.74, 6) is -1.73. The number of aliphatic hydroxyl groups excluding tert-OH is 2. The van der Waals surface area contributed by atoms with E-state index in [1.54, 1.807) is 54.6 Å². The maximum absolute atomic E-state index is 11.9. The molecule has 0 amide bonds. The second-order valence-corrected chi connectivity index (χ2v) is 8.57. The molecule has 2 unspecified atom stereocenters. The molecule has 0 radical (unpaired) electrons. The fraction of sp³-hybridized carbons (Fsp3) is 0.333. The summed E-state index contributed by atoms with van der Waals surface area (Å²) in [6.07, 6.45) is -1.76. The van der Waals surface area contributed by atoms with E-state index in [2.05, 4.69) is 13.8 Å². The van der Waals surface area contributed by atoms with Gasteiger partial charge in [-0.1, -0.05) is 81.3 Å². The Hall–Kier alpha value is -3.62. The number of alkyl halides is 2. The van der Waals surface area contributed by atoms with Crippen molar-refractivity contribution in [3.8, 4) is 0 Å². The van der Waals surface area contributed by atoms with Crippen molar-refractivity contribution in [1.82, 2.24) is 0 Å². The summed E-state index contributed by atoms with van der Waals surface area (Å²) >= 11 is 0. The minimum absolute atomic E-state index is 0.346. The predicted octanol–water partition coefficient (Wildman–Crippen LogP) is 6.41. The first-order valence-corrected chi connectivity index (χ1v) is 12.4. The summed E-state index contributed by atoms with van der Waals surface area (Å²) in [5.41, 5.74) is 3.64. The Balaban J connectivity index is 0.000000286. The Morgan fingerprint density at radius 2 is 1.08 bits per heavy atom. The van der Waals surface area contributed by atoms with Crippen LogP contribution >= 0.6 is 0 Å². The molecule has 0 spiro atoms. The van der Waals surface area contributed by atoms with Crippen LogP contribution in [0.25, 0.3) is 0 Å². The largest absolute Gasteiger partial charge is 0.478 e. The lowest BCUT2D eigenvalue weighted by molar-refractivity contribution is -0.0320. The highest BCUT2D eigenvalue weighted by Gasteiger charge is 2.21. The third-order valence-electron chi connectivity index (χ3n) is 5.42. The number of aliphatic hydroxyl groups is 2. The highest BCUT2D eigenvalue weighted by Crippen LogP contribution is 2.20. The fourth-order valence-corrected chi connectivity index (χ4v) is 3.35. The second-order valence-electron chi connectivity index (χ2n) is 8.57. The van der Waals surface area contributed by atoms with E-state index in [1.165, 1.54) is 11.1 Å². The van der Waals surface area contributed by atoms with Gasteiger partial charge in [0.1, 0.15) is 6.10 Å². The monoisotopic (exact) mass is 530 g/mol. The van der Waals surface area contributed by atoms with Crippen LogP contribution < -0.4 is 0 Å². The number of carboxylic acids is 2. The summed E-state index contributed by atoms with van der Waals surface area (Å²) in [6, 6.07) is 22.5. The van der Waals surface area contributed by atoms with E-state index in [0.29, 0.717) is 16.7 Å². The van der Waals surface area contributed by atoms with Gasteiger partial charge in [-0.2, -0.15) is 0 Å². The highest BCUT2D eigenvalue weighted by molar-refractivity contribution is 5.87. The molecule has 206 valence electrons. The van der Waals surface area contributed by atoms with Crippen LogP contribution in [0.5, 0.6) is 0 Å². The molecule has 0 saturated heterocycles. The quantitative estimate of drug-likeness (QED) is 0.241. The Morgan fingerprint density at radius 1 is 0.684 bits per heavy atom. The average Bonchev–Trinajstić information content (AvgIpc) is 2.91. The van der Waals surface area contributed by atoms with Crippen molar-refractivity contribution in [2.24, 2.45) is 0 Å². The van der Waals surface area contributed by atoms with Crippen LogP contribution in [0, 0.1) is 0 Å². The molecule has 0 heterocycles. The van der Waals surface area contributed by atoms with Crippen LogP contribution in [0.1, 0.15) is 76.6 Å². The zero-order chi connectivity index (χ0) is 28.5. The van der Waals surface area contributed by atoms with Crippen molar-refractivity contribution in [2.75, 3.05) is 0 Å². The molecular weight excluding hydrogens is 494 g/mol. The van der Waals surface area contributed by atoms with Crippen molar-refractivity contribution in [2.45, 2.75) is 64.6 Å². The Bertz CT molecular complexity index is 1010. The average molecular weight is 531 g/mol. The number of hydrogen-bond acceptors (Lipinski definition) is 4. The van der Waals surface area contributed by atoms with E-state index >= 15 is 0 Å². The zero-order valence-electron chi connectivity index (χ0n) is 21.6. The molecule has 0 saturated carbocycles. The minimum atomic E-state index is -2.81. The Morgan fingerprint density at radius 3 is 1.39 bits per heavy atom. The van der Waals surface area contributed by atoms with Gasteiger partial charge in [0, 0.05) is 6.42 Å². The van der Waals surface area contributed by atoms with E-state index in [0.717, 1.165) is 25.7 Å². The number of hydrogen-bond donors (Lipinski definition) is 4. The Kier molecular flexibility index (Phi) is 15.2. The number of carboxylic acid groups (broad SMARTS) is 2. The number of carbonyl (C=O) groups is 2. The van der Waals surface area contributed by atoms with E-state index in [1.807, 2.05) is 24.3 Å².